The van der Waals surface area contributed by atoms with Gasteiger partial charge in [-0.1, -0.05) is 11.8 Å². The van der Waals surface area contributed by atoms with Gasteiger partial charge in [0.15, 0.2) is 5.12 Å². The van der Waals surface area contributed by atoms with Crippen LogP contribution in [0.1, 0.15) is 42.2 Å². The van der Waals surface area contributed by atoms with Gasteiger partial charge in [-0.25, -0.2) is 0 Å². The summed E-state index contributed by atoms with van der Waals surface area (Å²) in [6, 6.07) is 2.32. The van der Waals surface area contributed by atoms with Gasteiger partial charge in [0.1, 0.15) is 11.1 Å². The Balaban J connectivity index is 1.82. The molecule has 6 heteroatoms. The normalized spacial score (nSPS) is 20.8. The number of fused-ring (bicyclic) bond motifs is 1. The van der Waals surface area contributed by atoms with Crippen LogP contribution < -0.4 is 4.90 Å². The highest BCUT2D eigenvalue weighted by atomic mass is 32.2. The number of thiophene rings is 1. The zero-order chi connectivity index (χ0) is 15.7. The van der Waals surface area contributed by atoms with Crippen LogP contribution in [0, 0.1) is 17.2 Å². The highest BCUT2D eigenvalue weighted by Crippen LogP contribution is 2.42. The van der Waals surface area contributed by atoms with Crippen molar-refractivity contribution in [3.05, 3.63) is 16.0 Å². The standard InChI is InChI=1S/C16H18N2O2S2/c1-10(19)21-9-11-6-15(20)18(8-11)16-13(7-17)12-4-2-3-5-14(12)22-16/h11H,2-6,8-9H2,1H3. The summed E-state index contributed by atoms with van der Waals surface area (Å²) < 4.78 is 0. The second kappa shape index (κ2) is 6.43. The summed E-state index contributed by atoms with van der Waals surface area (Å²) in [6.07, 6.45) is 4.77. The van der Waals surface area contributed by atoms with E-state index in [1.807, 2.05) is 0 Å². The molecule has 0 bridgehead atoms. The summed E-state index contributed by atoms with van der Waals surface area (Å²) in [4.78, 5) is 26.5. The van der Waals surface area contributed by atoms with Crippen molar-refractivity contribution in [2.45, 2.75) is 39.0 Å². The lowest BCUT2D eigenvalue weighted by Gasteiger charge is -2.15. The minimum Gasteiger partial charge on any atom is -0.302 e. The van der Waals surface area contributed by atoms with Crippen LogP contribution in [0.5, 0.6) is 0 Å². The molecule has 3 rings (SSSR count). The summed E-state index contributed by atoms with van der Waals surface area (Å²) in [5.74, 6) is 0.973. The van der Waals surface area contributed by atoms with E-state index in [0.717, 1.165) is 24.3 Å². The predicted octanol–water partition coefficient (Wildman–Crippen LogP) is 3.13. The van der Waals surface area contributed by atoms with E-state index in [1.54, 1.807) is 23.2 Å². The summed E-state index contributed by atoms with van der Waals surface area (Å²) in [5, 5.41) is 10.5. The van der Waals surface area contributed by atoms with Crippen molar-refractivity contribution in [1.82, 2.24) is 0 Å². The van der Waals surface area contributed by atoms with Crippen LogP contribution in [-0.2, 0) is 22.4 Å². The van der Waals surface area contributed by atoms with E-state index >= 15 is 0 Å². The summed E-state index contributed by atoms with van der Waals surface area (Å²) >= 11 is 2.91. The Morgan fingerprint density at radius 1 is 1.45 bits per heavy atom. The molecule has 4 nitrogen and oxygen atoms in total. The second-order valence-electron chi connectivity index (χ2n) is 5.88. The van der Waals surface area contributed by atoms with Crippen LogP contribution in [0.2, 0.25) is 0 Å². The maximum absolute atomic E-state index is 12.3. The Bertz CT molecular complexity index is 660. The van der Waals surface area contributed by atoms with Crippen LogP contribution in [0.3, 0.4) is 0 Å². The molecule has 2 aliphatic rings. The van der Waals surface area contributed by atoms with Gasteiger partial charge < -0.3 is 4.90 Å². The minimum absolute atomic E-state index is 0.0873. The van der Waals surface area contributed by atoms with Crippen LogP contribution in [0.4, 0.5) is 5.00 Å². The number of hydrogen-bond donors (Lipinski definition) is 0. The smallest absolute Gasteiger partial charge is 0.228 e. The first kappa shape index (κ1) is 15.6. The van der Waals surface area contributed by atoms with Crippen molar-refractivity contribution in [3.63, 3.8) is 0 Å². The SMILES string of the molecule is CC(=O)SCC1CC(=O)N(c2sc3c(c2C#N)CCCC3)C1. The fraction of sp³-hybridized carbons (Fsp3) is 0.562. The summed E-state index contributed by atoms with van der Waals surface area (Å²) in [5.41, 5.74) is 1.89. The van der Waals surface area contributed by atoms with Crippen molar-refractivity contribution in [2.75, 3.05) is 17.2 Å². The zero-order valence-electron chi connectivity index (χ0n) is 12.6. The van der Waals surface area contributed by atoms with Crippen molar-refractivity contribution >= 4 is 39.1 Å². The van der Waals surface area contributed by atoms with Gasteiger partial charge >= 0.3 is 0 Å². The van der Waals surface area contributed by atoms with E-state index in [4.69, 9.17) is 0 Å². The molecule has 1 atom stereocenters. The van der Waals surface area contributed by atoms with Crippen LogP contribution in [0.25, 0.3) is 0 Å². The number of aryl methyl sites for hydroxylation is 1. The number of hydrogen-bond acceptors (Lipinski definition) is 5. The number of carbonyl (C=O) groups excluding carboxylic acids is 2. The Morgan fingerprint density at radius 2 is 2.23 bits per heavy atom. The Labute approximate surface area is 138 Å². The fourth-order valence-corrected chi connectivity index (χ4v) is 5.24. The Morgan fingerprint density at radius 3 is 2.95 bits per heavy atom. The number of nitrogens with zero attached hydrogens (tertiary/aromatic N) is 2. The van der Waals surface area contributed by atoms with Crippen LogP contribution in [0.15, 0.2) is 0 Å². The zero-order valence-corrected chi connectivity index (χ0v) is 14.2. The van der Waals surface area contributed by atoms with Gasteiger partial charge in [0.05, 0.1) is 5.56 Å². The largest absolute Gasteiger partial charge is 0.302 e. The monoisotopic (exact) mass is 334 g/mol. The average Bonchev–Trinajstić information content (AvgIpc) is 3.04. The second-order valence-corrected chi connectivity index (χ2v) is 8.16. The molecule has 1 unspecified atom stereocenters. The third-order valence-corrected chi connectivity index (χ3v) is 6.60. The first-order valence-electron chi connectivity index (χ1n) is 7.58. The van der Waals surface area contributed by atoms with Gasteiger partial charge in [-0.05, 0) is 37.2 Å². The van der Waals surface area contributed by atoms with E-state index in [9.17, 15) is 14.9 Å². The molecular formula is C16H18N2O2S2. The van der Waals surface area contributed by atoms with Gasteiger partial charge in [-0.2, -0.15) is 5.26 Å². The first-order valence-corrected chi connectivity index (χ1v) is 9.38. The molecule has 1 aromatic heterocycles. The summed E-state index contributed by atoms with van der Waals surface area (Å²) in [6.45, 7) is 2.19. The number of rotatable bonds is 3. The van der Waals surface area contributed by atoms with Crippen molar-refractivity contribution < 1.29 is 9.59 Å². The predicted molar refractivity (Wildman–Crippen MR) is 89.3 cm³/mol. The number of thioether (sulfide) groups is 1. The number of carbonyl (C=O) groups is 2. The third kappa shape index (κ3) is 2.92. The molecule has 0 aromatic carbocycles. The Hall–Kier alpha value is -1.32. The van der Waals surface area contributed by atoms with E-state index < -0.39 is 0 Å². The lowest BCUT2D eigenvalue weighted by molar-refractivity contribution is -0.117. The molecule has 1 saturated heterocycles. The molecule has 1 aliphatic carbocycles. The topological polar surface area (TPSA) is 61.2 Å². The molecule has 0 saturated carbocycles. The molecule has 0 N–H and O–H groups in total. The molecule has 116 valence electrons. The van der Waals surface area contributed by atoms with E-state index in [-0.39, 0.29) is 16.9 Å². The van der Waals surface area contributed by atoms with Gasteiger partial charge in [-0.15, -0.1) is 11.3 Å². The summed E-state index contributed by atoms with van der Waals surface area (Å²) in [7, 11) is 0. The van der Waals surface area contributed by atoms with Crippen molar-refractivity contribution in [2.24, 2.45) is 5.92 Å². The Kier molecular flexibility index (Phi) is 4.55. The highest BCUT2D eigenvalue weighted by molar-refractivity contribution is 8.13. The van der Waals surface area contributed by atoms with Gasteiger partial charge in [0.25, 0.3) is 0 Å². The molecule has 2 heterocycles. The molecule has 1 aromatic rings. The maximum Gasteiger partial charge on any atom is 0.228 e. The lowest BCUT2D eigenvalue weighted by Crippen LogP contribution is -2.24. The van der Waals surface area contributed by atoms with Gasteiger partial charge in [0.2, 0.25) is 5.91 Å². The molecule has 0 radical (unpaired) electrons. The third-order valence-electron chi connectivity index (χ3n) is 4.24. The molecule has 1 amide bonds. The molecule has 0 spiro atoms. The maximum atomic E-state index is 12.3. The fourth-order valence-electron chi connectivity index (χ4n) is 3.18. The lowest BCUT2D eigenvalue weighted by atomic mass is 9.96. The minimum atomic E-state index is 0.0873. The molecule has 1 aliphatic heterocycles. The molecule has 1 fully saturated rings. The van der Waals surface area contributed by atoms with E-state index in [2.05, 4.69) is 6.07 Å². The highest BCUT2D eigenvalue weighted by Gasteiger charge is 2.34. The molecular weight excluding hydrogens is 316 g/mol. The van der Waals surface area contributed by atoms with Crippen molar-refractivity contribution in [3.8, 4) is 6.07 Å². The quantitative estimate of drug-likeness (QED) is 0.852. The van der Waals surface area contributed by atoms with E-state index in [1.165, 1.54) is 28.6 Å². The van der Waals surface area contributed by atoms with Gasteiger partial charge in [-0.3, -0.25) is 9.59 Å². The average molecular weight is 334 g/mol. The molecule has 22 heavy (non-hydrogen) atoms. The van der Waals surface area contributed by atoms with E-state index in [0.29, 0.717) is 24.3 Å². The van der Waals surface area contributed by atoms with Crippen molar-refractivity contribution in [1.29, 1.82) is 5.26 Å². The van der Waals surface area contributed by atoms with Crippen LogP contribution >= 0.6 is 23.1 Å². The van der Waals surface area contributed by atoms with Gasteiger partial charge in [0, 0.05) is 30.5 Å². The number of amides is 1. The van der Waals surface area contributed by atoms with Crippen LogP contribution in [-0.4, -0.2) is 23.3 Å². The number of anilines is 1. The first-order chi connectivity index (χ1) is 10.6. The number of nitriles is 1.